The molecule has 2 aromatic heterocycles. The van der Waals surface area contributed by atoms with Gasteiger partial charge in [-0.1, -0.05) is 78.6 Å². The fourth-order valence-corrected chi connectivity index (χ4v) is 8.95. The van der Waals surface area contributed by atoms with Crippen molar-refractivity contribution in [2.45, 2.75) is 62.7 Å². The zero-order valence-corrected chi connectivity index (χ0v) is 34.4. The van der Waals surface area contributed by atoms with E-state index in [4.69, 9.17) is 19.4 Å². The number of imidazole rings is 2. The molecule has 0 spiro atoms. The molecule has 2 saturated heterocycles. The smallest absolute Gasteiger partial charge is 0.407 e. The first-order valence-electron chi connectivity index (χ1n) is 20.9. The minimum Gasteiger partial charge on any atom is -0.453 e. The summed E-state index contributed by atoms with van der Waals surface area (Å²) in [7, 11) is 2.56. The van der Waals surface area contributed by atoms with Gasteiger partial charge in [0.1, 0.15) is 23.7 Å². The van der Waals surface area contributed by atoms with E-state index < -0.39 is 24.3 Å². The molecule has 4 aromatic carbocycles. The highest BCUT2D eigenvalue weighted by Gasteiger charge is 2.39. The number of hydrogen-bond acceptors (Lipinski definition) is 8. The predicted octanol–water partition coefficient (Wildman–Crippen LogP) is 6.97. The average Bonchev–Trinajstić information content (AvgIpc) is 4.15. The van der Waals surface area contributed by atoms with Gasteiger partial charge in [0.05, 0.1) is 43.0 Å². The number of hydrogen-bond donors (Lipinski definition) is 4. The third-order valence-electron chi connectivity index (χ3n) is 12.0. The summed E-state index contributed by atoms with van der Waals surface area (Å²) in [5.74, 6) is 7.69. The highest BCUT2D eigenvalue weighted by Crippen LogP contribution is 2.39. The Morgan fingerprint density at radius 2 is 1.23 bits per heavy atom. The van der Waals surface area contributed by atoms with E-state index >= 15 is 0 Å². The molecule has 6 aromatic rings. The van der Waals surface area contributed by atoms with Crippen LogP contribution in [-0.2, 0) is 31.9 Å². The van der Waals surface area contributed by atoms with Crippen molar-refractivity contribution in [3.8, 4) is 23.1 Å². The predicted molar refractivity (Wildman–Crippen MR) is 230 cm³/mol. The number of nitrogens with one attached hydrogen (secondary N) is 4. The van der Waals surface area contributed by atoms with Crippen LogP contribution in [0.5, 0.6) is 0 Å². The number of amides is 4. The van der Waals surface area contributed by atoms with Crippen molar-refractivity contribution < 1.29 is 28.7 Å². The molecule has 62 heavy (non-hydrogen) atoms. The van der Waals surface area contributed by atoms with Crippen molar-refractivity contribution in [2.24, 2.45) is 0 Å². The molecular weight excluding hydrogens is 785 g/mol. The molecule has 14 nitrogen and oxygen atoms in total. The molecule has 2 aliphatic heterocycles. The maximum absolute atomic E-state index is 14.0. The van der Waals surface area contributed by atoms with E-state index in [9.17, 15) is 19.2 Å². The number of aromatic amines is 2. The molecule has 4 atom stereocenters. The van der Waals surface area contributed by atoms with Gasteiger partial charge in [-0.05, 0) is 85.5 Å². The second-order valence-electron chi connectivity index (χ2n) is 15.8. The van der Waals surface area contributed by atoms with Crippen LogP contribution < -0.4 is 10.6 Å². The van der Waals surface area contributed by atoms with Crippen LogP contribution in [0.25, 0.3) is 22.3 Å². The summed E-state index contributed by atoms with van der Waals surface area (Å²) in [5.41, 5.74) is 8.81. The number of carbonyl (C=O) groups is 4. The third-order valence-corrected chi connectivity index (χ3v) is 12.0. The Bertz CT molecular complexity index is 2720. The summed E-state index contributed by atoms with van der Waals surface area (Å²) >= 11 is 0. The molecule has 4 heterocycles. The number of aryl methyl sites for hydroxylation is 2. The fraction of sp³-hybridized carbons (Fsp3) is 0.292. The fourth-order valence-electron chi connectivity index (χ4n) is 8.95. The van der Waals surface area contributed by atoms with Crippen molar-refractivity contribution in [1.82, 2.24) is 40.4 Å². The third kappa shape index (κ3) is 7.97. The van der Waals surface area contributed by atoms with Crippen LogP contribution in [0.3, 0.4) is 0 Å². The largest absolute Gasteiger partial charge is 0.453 e. The van der Waals surface area contributed by atoms with Crippen LogP contribution >= 0.6 is 0 Å². The zero-order chi connectivity index (χ0) is 42.7. The Morgan fingerprint density at radius 1 is 0.677 bits per heavy atom. The molecule has 4 amide bonds. The quantitative estimate of drug-likeness (QED) is 0.119. The molecule has 2 fully saturated rings. The molecule has 1 aliphatic carbocycles. The highest BCUT2D eigenvalue weighted by molar-refractivity contribution is 5.88. The monoisotopic (exact) mass is 830 g/mol. The molecule has 14 heteroatoms. The molecule has 314 valence electrons. The first-order chi connectivity index (χ1) is 30.3. The number of H-pyrrole nitrogens is 2. The van der Waals surface area contributed by atoms with E-state index in [0.29, 0.717) is 30.0 Å². The van der Waals surface area contributed by atoms with Gasteiger partial charge in [0.15, 0.2) is 0 Å². The van der Waals surface area contributed by atoms with Crippen LogP contribution in [0.2, 0.25) is 0 Å². The normalized spacial score (nSPS) is 17.6. The number of benzene rings is 4. The SMILES string of the molecule is COC(=O)N[C@H](C(=O)N1CCC[C@H]1c1nc2c([nH]1)CCc1cc(C#Cc3ccc4nc([C@@H]5CCCN5C(=O)[C@@H](NC(=O)OC)c5ccccc5)[nH]c4c3)ccc1-2)c1ccccc1. The Hall–Kier alpha value is -7.40. The van der Waals surface area contributed by atoms with Crippen LogP contribution in [0, 0.1) is 11.8 Å². The summed E-state index contributed by atoms with van der Waals surface area (Å²) in [6, 6.07) is 28.1. The average molecular weight is 831 g/mol. The maximum Gasteiger partial charge on any atom is 0.407 e. The number of fused-ring (bicyclic) bond motifs is 4. The molecule has 0 radical (unpaired) electrons. The Kier molecular flexibility index (Phi) is 11.2. The molecule has 0 saturated carbocycles. The van der Waals surface area contributed by atoms with Crippen molar-refractivity contribution in [3.63, 3.8) is 0 Å². The number of alkyl carbamates (subject to hydrolysis) is 2. The van der Waals surface area contributed by atoms with Crippen LogP contribution in [0.1, 0.15) is 95.0 Å². The lowest BCUT2D eigenvalue weighted by molar-refractivity contribution is -0.135. The van der Waals surface area contributed by atoms with Gasteiger partial charge in [-0.3, -0.25) is 9.59 Å². The van der Waals surface area contributed by atoms with Crippen molar-refractivity contribution in [1.29, 1.82) is 0 Å². The lowest BCUT2D eigenvalue weighted by Crippen LogP contribution is -2.42. The highest BCUT2D eigenvalue weighted by atomic mass is 16.5. The molecular formula is C48H46N8O6. The first-order valence-corrected chi connectivity index (χ1v) is 20.9. The van der Waals surface area contributed by atoms with Gasteiger partial charge < -0.3 is 39.9 Å². The Labute approximate surface area is 358 Å². The Morgan fingerprint density at radius 3 is 1.81 bits per heavy atom. The lowest BCUT2D eigenvalue weighted by Gasteiger charge is -2.28. The zero-order valence-electron chi connectivity index (χ0n) is 34.4. The van der Waals surface area contributed by atoms with E-state index in [1.54, 1.807) is 4.90 Å². The van der Waals surface area contributed by atoms with E-state index in [-0.39, 0.29) is 23.9 Å². The standard InChI is InChI=1S/C48H46N8O6/c1-61-47(59)53-40(31-11-5-3-6-12-31)45(57)55-25-9-15-38(55)43-49-35-23-20-30(28-37(35)51-43)18-17-29-19-22-34-33(27-29)21-24-36-42(34)52-44(50-36)39-16-10-26-56(39)46(58)41(54-48(60)62-2)32-13-7-4-8-14-32/h3-8,11-14,19-20,22-23,27-28,38-41H,9-10,15-16,21,24-26H2,1-2H3,(H,49,51)(H,50,52)(H,53,59)(H,54,60)/t38-,39-,40-,41-/m0/s1. The van der Waals surface area contributed by atoms with Crippen LogP contribution in [-0.4, -0.2) is 81.0 Å². The first kappa shape index (κ1) is 40.0. The van der Waals surface area contributed by atoms with Gasteiger partial charge in [-0.25, -0.2) is 19.6 Å². The van der Waals surface area contributed by atoms with E-state index in [1.807, 2.05) is 89.8 Å². The number of nitrogens with zero attached hydrogens (tertiary/aromatic N) is 4. The van der Waals surface area contributed by atoms with Gasteiger partial charge in [0.2, 0.25) is 0 Å². The van der Waals surface area contributed by atoms with E-state index in [2.05, 4.69) is 44.6 Å². The Balaban J connectivity index is 0.907. The van der Waals surface area contributed by atoms with Crippen molar-refractivity contribution >= 4 is 35.0 Å². The second-order valence-corrected chi connectivity index (χ2v) is 15.8. The molecule has 0 unspecified atom stereocenters. The number of likely N-dealkylation sites (tertiary alicyclic amines) is 2. The summed E-state index contributed by atoms with van der Waals surface area (Å²) < 4.78 is 9.70. The minimum atomic E-state index is -0.893. The summed E-state index contributed by atoms with van der Waals surface area (Å²) in [4.78, 5) is 73.2. The summed E-state index contributed by atoms with van der Waals surface area (Å²) in [5, 5.41) is 5.45. The van der Waals surface area contributed by atoms with E-state index in [1.165, 1.54) is 14.2 Å². The van der Waals surface area contributed by atoms with Crippen LogP contribution in [0.15, 0.2) is 97.1 Å². The molecule has 3 aliphatic rings. The van der Waals surface area contributed by atoms with Crippen molar-refractivity contribution in [2.75, 3.05) is 27.3 Å². The number of methoxy groups -OCH3 is 2. The summed E-state index contributed by atoms with van der Waals surface area (Å²) in [6.45, 7) is 1.10. The summed E-state index contributed by atoms with van der Waals surface area (Å²) in [6.07, 6.45) is 3.38. The van der Waals surface area contributed by atoms with E-state index in [0.717, 1.165) is 89.0 Å². The van der Waals surface area contributed by atoms with Crippen molar-refractivity contribution in [3.05, 3.63) is 142 Å². The minimum absolute atomic E-state index is 0.204. The van der Waals surface area contributed by atoms with Gasteiger partial charge >= 0.3 is 12.2 Å². The number of rotatable bonds is 8. The number of carbonyl (C=O) groups excluding carboxylic acids is 4. The maximum atomic E-state index is 14.0. The lowest BCUT2D eigenvalue weighted by atomic mass is 9.91. The van der Waals surface area contributed by atoms with Gasteiger partial charge in [-0.2, -0.15) is 0 Å². The molecule has 9 rings (SSSR count). The number of aromatic nitrogens is 4. The molecule has 0 bridgehead atoms. The topological polar surface area (TPSA) is 175 Å². The number of ether oxygens (including phenoxy) is 2. The second kappa shape index (κ2) is 17.3. The van der Waals surface area contributed by atoms with Gasteiger partial charge in [-0.15, -0.1) is 0 Å². The molecule has 4 N–H and O–H groups in total. The van der Waals surface area contributed by atoms with Gasteiger partial charge in [0.25, 0.3) is 11.8 Å². The van der Waals surface area contributed by atoms with Gasteiger partial charge in [0, 0.05) is 35.5 Å². The van der Waals surface area contributed by atoms with Crippen LogP contribution in [0.4, 0.5) is 9.59 Å².